The molecule has 5 nitrogen and oxygen atoms in total. The van der Waals surface area contributed by atoms with Gasteiger partial charge >= 0.3 is 0 Å². The Labute approximate surface area is 156 Å². The van der Waals surface area contributed by atoms with Crippen molar-refractivity contribution in [2.24, 2.45) is 5.92 Å². The molecule has 7 heteroatoms. The molecule has 2 aromatic heterocycles. The Hall–Kier alpha value is -2.83. The number of hydrogen-bond donors (Lipinski definition) is 0. The second kappa shape index (κ2) is 7.42. The predicted octanol–water partition coefficient (Wildman–Crippen LogP) is 3.71. The van der Waals surface area contributed by atoms with E-state index in [1.54, 1.807) is 10.7 Å². The summed E-state index contributed by atoms with van der Waals surface area (Å²) in [5, 5.41) is 13.0. The summed E-state index contributed by atoms with van der Waals surface area (Å²) in [7, 11) is 0. The second-order valence-electron chi connectivity index (χ2n) is 7.03. The monoisotopic (exact) mass is 369 g/mol. The van der Waals surface area contributed by atoms with E-state index in [1.807, 2.05) is 31.3 Å². The third-order valence-corrected chi connectivity index (χ3v) is 5.04. The first kappa shape index (κ1) is 17.6. The topological polar surface area (TPSA) is 46.8 Å². The van der Waals surface area contributed by atoms with Gasteiger partial charge in [-0.1, -0.05) is 6.07 Å². The molecule has 140 valence electrons. The lowest BCUT2D eigenvalue weighted by Crippen LogP contribution is -2.35. The SMILES string of the molecule is Cc1ccn(-c2ccc(N3CCC(Cc4ccc(F)c(F)c4)CC3)nn2)n1. The van der Waals surface area contributed by atoms with Gasteiger partial charge in [0.25, 0.3) is 0 Å². The Morgan fingerprint density at radius 2 is 1.70 bits per heavy atom. The Balaban J connectivity index is 1.35. The third-order valence-electron chi connectivity index (χ3n) is 5.04. The van der Waals surface area contributed by atoms with Gasteiger partial charge in [0.15, 0.2) is 23.3 Å². The van der Waals surface area contributed by atoms with Crippen molar-refractivity contribution in [1.29, 1.82) is 0 Å². The molecule has 4 rings (SSSR count). The molecule has 1 aromatic carbocycles. The van der Waals surface area contributed by atoms with Crippen LogP contribution in [0.15, 0.2) is 42.6 Å². The number of nitrogens with zero attached hydrogens (tertiary/aromatic N) is 5. The Morgan fingerprint density at radius 1 is 0.963 bits per heavy atom. The molecule has 3 heterocycles. The predicted molar refractivity (Wildman–Crippen MR) is 98.9 cm³/mol. The van der Waals surface area contributed by atoms with Gasteiger partial charge in [-0.05, 0) is 68.0 Å². The second-order valence-corrected chi connectivity index (χ2v) is 7.03. The molecule has 0 amide bonds. The molecule has 1 fully saturated rings. The van der Waals surface area contributed by atoms with Crippen molar-refractivity contribution >= 4 is 5.82 Å². The third kappa shape index (κ3) is 3.97. The molecule has 0 unspecified atom stereocenters. The van der Waals surface area contributed by atoms with Gasteiger partial charge in [0.05, 0.1) is 5.69 Å². The number of aryl methyl sites for hydroxylation is 1. The van der Waals surface area contributed by atoms with Gasteiger partial charge < -0.3 is 4.90 Å². The zero-order valence-electron chi connectivity index (χ0n) is 15.1. The molecular weight excluding hydrogens is 348 g/mol. The number of halogens is 2. The summed E-state index contributed by atoms with van der Waals surface area (Å²) in [4.78, 5) is 2.22. The van der Waals surface area contributed by atoms with Crippen LogP contribution in [-0.2, 0) is 6.42 Å². The van der Waals surface area contributed by atoms with Crippen molar-refractivity contribution in [1.82, 2.24) is 20.0 Å². The molecule has 27 heavy (non-hydrogen) atoms. The Kier molecular flexibility index (Phi) is 4.83. The summed E-state index contributed by atoms with van der Waals surface area (Å²) in [6.07, 6.45) is 4.61. The van der Waals surface area contributed by atoms with Gasteiger partial charge in [-0.2, -0.15) is 5.10 Å². The number of rotatable bonds is 4. The lowest BCUT2D eigenvalue weighted by molar-refractivity contribution is 0.400. The van der Waals surface area contributed by atoms with Gasteiger partial charge in [0, 0.05) is 19.3 Å². The summed E-state index contributed by atoms with van der Waals surface area (Å²) in [6.45, 7) is 3.69. The number of aromatic nitrogens is 4. The average molecular weight is 369 g/mol. The van der Waals surface area contributed by atoms with Gasteiger partial charge in [-0.15, -0.1) is 10.2 Å². The first-order valence-electron chi connectivity index (χ1n) is 9.14. The summed E-state index contributed by atoms with van der Waals surface area (Å²) < 4.78 is 28.1. The molecule has 0 radical (unpaired) electrons. The van der Waals surface area contributed by atoms with Crippen molar-refractivity contribution in [2.45, 2.75) is 26.2 Å². The maximum absolute atomic E-state index is 13.4. The molecule has 0 bridgehead atoms. The Morgan fingerprint density at radius 3 is 2.33 bits per heavy atom. The van der Waals surface area contributed by atoms with E-state index in [0.717, 1.165) is 49.4 Å². The standard InChI is InChI=1S/C20H21F2N5/c1-14-6-11-27(25-14)20-5-4-19(23-24-20)26-9-7-15(8-10-26)12-16-2-3-17(21)18(22)13-16/h2-6,11,13,15H,7-10,12H2,1H3. The average Bonchev–Trinajstić information content (AvgIpc) is 3.12. The van der Waals surface area contributed by atoms with Crippen LogP contribution in [0.2, 0.25) is 0 Å². The van der Waals surface area contributed by atoms with E-state index in [-0.39, 0.29) is 0 Å². The molecule has 0 spiro atoms. The molecule has 0 aliphatic carbocycles. The quantitative estimate of drug-likeness (QED) is 0.703. The number of anilines is 1. The zero-order valence-corrected chi connectivity index (χ0v) is 15.1. The van der Waals surface area contributed by atoms with Gasteiger partial charge in [0.1, 0.15) is 0 Å². The normalized spacial score (nSPS) is 15.3. The fraction of sp³-hybridized carbons (Fsp3) is 0.350. The molecule has 0 atom stereocenters. The highest BCUT2D eigenvalue weighted by molar-refractivity contribution is 5.40. The minimum Gasteiger partial charge on any atom is -0.355 e. The van der Waals surface area contributed by atoms with Crippen molar-refractivity contribution in [2.75, 3.05) is 18.0 Å². The molecule has 0 N–H and O–H groups in total. The van der Waals surface area contributed by atoms with Crippen LogP contribution in [0, 0.1) is 24.5 Å². The largest absolute Gasteiger partial charge is 0.355 e. The van der Waals surface area contributed by atoms with E-state index in [2.05, 4.69) is 20.2 Å². The number of piperidine rings is 1. The van der Waals surface area contributed by atoms with Crippen LogP contribution in [0.25, 0.3) is 5.82 Å². The van der Waals surface area contributed by atoms with E-state index in [0.29, 0.717) is 11.7 Å². The fourth-order valence-electron chi connectivity index (χ4n) is 3.52. The van der Waals surface area contributed by atoms with Crippen molar-refractivity contribution in [3.63, 3.8) is 0 Å². The van der Waals surface area contributed by atoms with Crippen molar-refractivity contribution in [3.05, 3.63) is 65.5 Å². The minimum atomic E-state index is -0.791. The fourth-order valence-corrected chi connectivity index (χ4v) is 3.52. The highest BCUT2D eigenvalue weighted by atomic mass is 19.2. The van der Waals surface area contributed by atoms with Crippen molar-refractivity contribution < 1.29 is 8.78 Å². The van der Waals surface area contributed by atoms with E-state index in [1.165, 1.54) is 12.1 Å². The lowest BCUT2D eigenvalue weighted by atomic mass is 9.90. The van der Waals surface area contributed by atoms with Crippen LogP contribution >= 0.6 is 0 Å². The molecule has 1 saturated heterocycles. The van der Waals surface area contributed by atoms with Crippen molar-refractivity contribution in [3.8, 4) is 5.82 Å². The smallest absolute Gasteiger partial charge is 0.175 e. The minimum absolute atomic E-state index is 0.463. The number of benzene rings is 1. The van der Waals surface area contributed by atoms with Crippen LogP contribution in [-0.4, -0.2) is 33.1 Å². The first-order valence-corrected chi connectivity index (χ1v) is 9.14. The maximum atomic E-state index is 13.4. The first-order chi connectivity index (χ1) is 13.1. The van der Waals surface area contributed by atoms with E-state index >= 15 is 0 Å². The molecule has 1 aliphatic heterocycles. The maximum Gasteiger partial charge on any atom is 0.175 e. The number of hydrogen-bond acceptors (Lipinski definition) is 4. The van der Waals surface area contributed by atoms with Gasteiger partial charge in [-0.25, -0.2) is 13.5 Å². The van der Waals surface area contributed by atoms with Crippen LogP contribution in [0.1, 0.15) is 24.1 Å². The highest BCUT2D eigenvalue weighted by Gasteiger charge is 2.21. The van der Waals surface area contributed by atoms with Crippen LogP contribution in [0.4, 0.5) is 14.6 Å². The summed E-state index contributed by atoms with van der Waals surface area (Å²) in [6, 6.07) is 10.00. The summed E-state index contributed by atoms with van der Waals surface area (Å²) >= 11 is 0. The summed E-state index contributed by atoms with van der Waals surface area (Å²) in [5.41, 5.74) is 1.79. The molecular formula is C20H21F2N5. The van der Waals surface area contributed by atoms with E-state index < -0.39 is 11.6 Å². The van der Waals surface area contributed by atoms with Gasteiger partial charge in [-0.3, -0.25) is 0 Å². The summed E-state index contributed by atoms with van der Waals surface area (Å²) in [5.74, 6) is 0.452. The van der Waals surface area contributed by atoms with Crippen LogP contribution in [0.5, 0.6) is 0 Å². The molecule has 3 aromatic rings. The lowest BCUT2D eigenvalue weighted by Gasteiger charge is -2.32. The molecule has 1 aliphatic rings. The van der Waals surface area contributed by atoms with Gasteiger partial charge in [0.2, 0.25) is 0 Å². The van der Waals surface area contributed by atoms with E-state index in [4.69, 9.17) is 0 Å². The highest BCUT2D eigenvalue weighted by Crippen LogP contribution is 2.25. The van der Waals surface area contributed by atoms with Crippen LogP contribution < -0.4 is 4.90 Å². The Bertz CT molecular complexity index is 914. The van der Waals surface area contributed by atoms with Crippen LogP contribution in [0.3, 0.4) is 0 Å². The van der Waals surface area contributed by atoms with E-state index in [9.17, 15) is 8.78 Å². The zero-order chi connectivity index (χ0) is 18.8. The molecule has 0 saturated carbocycles.